The highest BCUT2D eigenvalue weighted by Gasteiger charge is 2.03. The van der Waals surface area contributed by atoms with Crippen molar-refractivity contribution in [1.29, 1.82) is 0 Å². The SMILES string of the molecule is [CH2]Nc1cc(Cl)c(Cl)c(Cl)c1. The van der Waals surface area contributed by atoms with E-state index in [4.69, 9.17) is 34.8 Å². The highest BCUT2D eigenvalue weighted by Crippen LogP contribution is 2.32. The second-order valence-corrected chi connectivity index (χ2v) is 3.12. The zero-order valence-electron chi connectivity index (χ0n) is 5.50. The first-order valence-electron chi connectivity index (χ1n) is 2.83. The van der Waals surface area contributed by atoms with E-state index in [0.29, 0.717) is 15.1 Å². The van der Waals surface area contributed by atoms with E-state index in [1.807, 2.05) is 0 Å². The second-order valence-electron chi connectivity index (χ2n) is 1.93. The molecule has 0 saturated carbocycles. The molecule has 1 radical (unpaired) electrons. The van der Waals surface area contributed by atoms with Gasteiger partial charge in [-0.1, -0.05) is 34.8 Å². The molecule has 1 aromatic carbocycles. The van der Waals surface area contributed by atoms with Crippen LogP contribution in [0, 0.1) is 7.05 Å². The highest BCUT2D eigenvalue weighted by atomic mass is 35.5. The summed E-state index contributed by atoms with van der Waals surface area (Å²) in [5.74, 6) is 0. The third kappa shape index (κ3) is 1.92. The van der Waals surface area contributed by atoms with Crippen molar-refractivity contribution in [3.63, 3.8) is 0 Å². The molecular formula is C7H5Cl3N. The van der Waals surface area contributed by atoms with Crippen molar-refractivity contribution < 1.29 is 0 Å². The number of anilines is 1. The Morgan fingerprint density at radius 3 is 1.91 bits per heavy atom. The van der Waals surface area contributed by atoms with Crippen LogP contribution in [0.2, 0.25) is 15.1 Å². The molecule has 1 nitrogen and oxygen atoms in total. The molecule has 59 valence electrons. The normalized spacial score (nSPS) is 9.82. The fraction of sp³-hybridized carbons (Fsp3) is 0. The van der Waals surface area contributed by atoms with E-state index in [2.05, 4.69) is 12.4 Å². The van der Waals surface area contributed by atoms with Crippen LogP contribution in [-0.2, 0) is 0 Å². The van der Waals surface area contributed by atoms with E-state index in [1.165, 1.54) is 0 Å². The predicted molar refractivity (Wildman–Crippen MR) is 50.5 cm³/mol. The Bertz CT molecular complexity index is 249. The largest absolute Gasteiger partial charge is 0.383 e. The number of rotatable bonds is 1. The van der Waals surface area contributed by atoms with Gasteiger partial charge in [0.25, 0.3) is 0 Å². The molecule has 0 heterocycles. The second kappa shape index (κ2) is 3.53. The molecule has 1 rings (SSSR count). The summed E-state index contributed by atoms with van der Waals surface area (Å²) in [4.78, 5) is 0. The van der Waals surface area contributed by atoms with Gasteiger partial charge in [-0.25, -0.2) is 0 Å². The Morgan fingerprint density at radius 1 is 1.09 bits per heavy atom. The summed E-state index contributed by atoms with van der Waals surface area (Å²) < 4.78 is 0. The van der Waals surface area contributed by atoms with Crippen molar-refractivity contribution in [3.05, 3.63) is 34.2 Å². The van der Waals surface area contributed by atoms with E-state index in [0.717, 1.165) is 5.69 Å². The first kappa shape index (κ1) is 8.98. The van der Waals surface area contributed by atoms with Crippen LogP contribution in [0.5, 0.6) is 0 Å². The summed E-state index contributed by atoms with van der Waals surface area (Å²) >= 11 is 17.1. The van der Waals surface area contributed by atoms with E-state index in [-0.39, 0.29) is 0 Å². The molecule has 1 N–H and O–H groups in total. The van der Waals surface area contributed by atoms with Gasteiger partial charge in [-0.2, -0.15) is 0 Å². The van der Waals surface area contributed by atoms with E-state index < -0.39 is 0 Å². The number of hydrogen-bond acceptors (Lipinski definition) is 1. The van der Waals surface area contributed by atoms with Gasteiger partial charge >= 0.3 is 0 Å². The Labute approximate surface area is 80.3 Å². The van der Waals surface area contributed by atoms with Crippen LogP contribution in [0.25, 0.3) is 0 Å². The highest BCUT2D eigenvalue weighted by molar-refractivity contribution is 6.48. The third-order valence-electron chi connectivity index (χ3n) is 1.19. The molecule has 0 aliphatic carbocycles. The minimum atomic E-state index is 0.368. The van der Waals surface area contributed by atoms with Crippen LogP contribution < -0.4 is 5.32 Å². The average molecular weight is 209 g/mol. The summed E-state index contributed by atoms with van der Waals surface area (Å²) in [6.45, 7) is 0. The Kier molecular flexibility index (Phi) is 2.88. The van der Waals surface area contributed by atoms with E-state index >= 15 is 0 Å². The van der Waals surface area contributed by atoms with Gasteiger partial charge in [0, 0.05) is 12.7 Å². The molecule has 0 unspecified atom stereocenters. The summed E-state index contributed by atoms with van der Waals surface area (Å²) in [6, 6.07) is 3.31. The minimum absolute atomic E-state index is 0.368. The van der Waals surface area contributed by atoms with Crippen molar-refractivity contribution >= 4 is 40.5 Å². The van der Waals surface area contributed by atoms with Gasteiger partial charge in [-0.3, -0.25) is 0 Å². The van der Waals surface area contributed by atoms with Gasteiger partial charge in [0.2, 0.25) is 0 Å². The lowest BCUT2D eigenvalue weighted by Gasteiger charge is -2.03. The van der Waals surface area contributed by atoms with Crippen molar-refractivity contribution in [3.8, 4) is 0 Å². The smallest absolute Gasteiger partial charge is 0.0780 e. The van der Waals surface area contributed by atoms with E-state index in [9.17, 15) is 0 Å². The Hall–Kier alpha value is -0.110. The first-order chi connectivity index (χ1) is 5.15. The molecule has 0 aliphatic rings. The molecule has 0 atom stereocenters. The first-order valence-corrected chi connectivity index (χ1v) is 3.96. The lowest BCUT2D eigenvalue weighted by molar-refractivity contribution is 1.59. The van der Waals surface area contributed by atoms with Gasteiger partial charge in [-0.15, -0.1) is 0 Å². The van der Waals surface area contributed by atoms with Gasteiger partial charge in [0.1, 0.15) is 0 Å². The van der Waals surface area contributed by atoms with Crippen molar-refractivity contribution in [2.45, 2.75) is 0 Å². The molecule has 0 amide bonds. The number of hydrogen-bond donors (Lipinski definition) is 1. The zero-order chi connectivity index (χ0) is 8.43. The molecule has 0 bridgehead atoms. The van der Waals surface area contributed by atoms with Gasteiger partial charge in [0.05, 0.1) is 15.1 Å². The molecule has 0 saturated heterocycles. The lowest BCUT2D eigenvalue weighted by atomic mass is 10.3. The third-order valence-corrected chi connectivity index (χ3v) is 2.38. The maximum atomic E-state index is 5.71. The van der Waals surface area contributed by atoms with Crippen LogP contribution in [0.3, 0.4) is 0 Å². The summed E-state index contributed by atoms with van der Waals surface area (Å²) in [7, 11) is 3.46. The maximum absolute atomic E-state index is 5.71. The quantitative estimate of drug-likeness (QED) is 0.693. The van der Waals surface area contributed by atoms with Crippen LogP contribution in [0.15, 0.2) is 12.1 Å². The Balaban J connectivity index is 3.21. The molecular weight excluding hydrogens is 204 g/mol. The zero-order valence-corrected chi connectivity index (χ0v) is 7.76. The molecule has 0 spiro atoms. The van der Waals surface area contributed by atoms with Crippen molar-refractivity contribution in [1.82, 2.24) is 0 Å². The lowest BCUT2D eigenvalue weighted by Crippen LogP contribution is -1.84. The molecule has 0 aromatic heterocycles. The Morgan fingerprint density at radius 2 is 1.55 bits per heavy atom. The minimum Gasteiger partial charge on any atom is -0.383 e. The van der Waals surface area contributed by atoms with Crippen LogP contribution in [-0.4, -0.2) is 0 Å². The van der Waals surface area contributed by atoms with Gasteiger partial charge in [0.15, 0.2) is 0 Å². The molecule has 1 aromatic rings. The maximum Gasteiger partial charge on any atom is 0.0780 e. The molecule has 0 aliphatic heterocycles. The topological polar surface area (TPSA) is 12.0 Å². The van der Waals surface area contributed by atoms with Gasteiger partial charge < -0.3 is 5.32 Å². The van der Waals surface area contributed by atoms with Crippen LogP contribution in [0.4, 0.5) is 5.69 Å². The number of nitrogens with one attached hydrogen (secondary N) is 1. The van der Waals surface area contributed by atoms with Crippen LogP contribution in [0.1, 0.15) is 0 Å². The standard InChI is InChI=1S/C7H5Cl3N/c1-11-4-2-5(8)7(10)6(9)3-4/h2-3,11H,1H2. The molecule has 4 heteroatoms. The van der Waals surface area contributed by atoms with Crippen LogP contribution >= 0.6 is 34.8 Å². The summed E-state index contributed by atoms with van der Waals surface area (Å²) in [5.41, 5.74) is 0.740. The summed E-state index contributed by atoms with van der Waals surface area (Å²) in [5, 5.41) is 3.87. The van der Waals surface area contributed by atoms with Crippen molar-refractivity contribution in [2.24, 2.45) is 0 Å². The number of benzene rings is 1. The fourth-order valence-corrected chi connectivity index (χ4v) is 1.25. The fourth-order valence-electron chi connectivity index (χ4n) is 0.658. The average Bonchev–Trinajstić information content (AvgIpc) is 1.99. The molecule has 11 heavy (non-hydrogen) atoms. The van der Waals surface area contributed by atoms with Crippen molar-refractivity contribution in [2.75, 3.05) is 5.32 Å². The van der Waals surface area contributed by atoms with E-state index in [1.54, 1.807) is 12.1 Å². The summed E-state index contributed by atoms with van der Waals surface area (Å²) in [6.07, 6.45) is 0. The number of halogens is 3. The predicted octanol–water partition coefficient (Wildman–Crippen LogP) is 3.85. The van der Waals surface area contributed by atoms with Gasteiger partial charge in [-0.05, 0) is 12.1 Å². The molecule has 0 fully saturated rings. The monoisotopic (exact) mass is 208 g/mol.